The van der Waals surface area contributed by atoms with Gasteiger partial charge in [-0.2, -0.15) is 0 Å². The Morgan fingerprint density at radius 3 is 0.966 bits per heavy atom. The maximum atomic E-state index is 14.7. The van der Waals surface area contributed by atoms with Crippen LogP contribution in [0.2, 0.25) is 0 Å². The molecular weight excluding hydrogens is 1120 g/mol. The van der Waals surface area contributed by atoms with Gasteiger partial charge in [-0.25, -0.2) is 0 Å². The zero-order chi connectivity index (χ0) is 65.5. The molecule has 0 heterocycles. The summed E-state index contributed by atoms with van der Waals surface area (Å²) in [5.41, 5.74) is 35.5. The molecule has 0 saturated heterocycles. The molecule has 1 aromatic rings. The van der Waals surface area contributed by atoms with Crippen LogP contribution in [0.3, 0.4) is 0 Å². The molecule has 9 amide bonds. The van der Waals surface area contributed by atoms with E-state index in [2.05, 4.69) is 49.5 Å². The van der Waals surface area contributed by atoms with Crippen LogP contribution in [0, 0.1) is 11.8 Å². The van der Waals surface area contributed by atoms with Crippen LogP contribution >= 0.6 is 0 Å². The summed E-state index contributed by atoms with van der Waals surface area (Å²) in [4.78, 5) is 126. The number of carbonyl (C=O) groups is 9. The Kier molecular flexibility index (Phi) is 45.6. The van der Waals surface area contributed by atoms with Crippen LogP contribution in [0.4, 0.5) is 0 Å². The maximum absolute atomic E-state index is 14.7. The second-order valence-corrected chi connectivity index (χ2v) is 24.6. The van der Waals surface area contributed by atoms with Gasteiger partial charge in [-0.05, 0) is 166 Å². The second kappa shape index (κ2) is 50.0. The smallest absolute Gasteiger partial charge is 0.243 e. The third-order valence-electron chi connectivity index (χ3n) is 15.5. The predicted octanol–water partition coefficient (Wildman–Crippen LogP) is 4.03. The van der Waals surface area contributed by atoms with Gasteiger partial charge in [0.15, 0.2) is 0 Å². The molecule has 0 saturated carbocycles. The highest BCUT2D eigenvalue weighted by molar-refractivity contribution is 5.98. The number of amides is 9. The lowest BCUT2D eigenvalue weighted by molar-refractivity contribution is -0.136. The van der Waals surface area contributed by atoms with Gasteiger partial charge in [-0.3, -0.25) is 43.2 Å². The van der Waals surface area contributed by atoms with Crippen LogP contribution in [0.15, 0.2) is 30.3 Å². The average molecular weight is 1240 g/mol. The molecule has 23 heteroatoms. The highest BCUT2D eigenvalue weighted by Crippen LogP contribution is 2.16. The van der Waals surface area contributed by atoms with E-state index in [1.54, 1.807) is 30.3 Å². The summed E-state index contributed by atoms with van der Waals surface area (Å²) in [6.07, 6.45) is 19.3. The number of unbranched alkanes of at least 4 members (excludes halogenated alkanes) is 15. The largest absolute Gasteiger partial charge is 0.368 e. The van der Waals surface area contributed by atoms with Gasteiger partial charge in [0.25, 0.3) is 0 Å². The minimum atomic E-state index is -1.28. The van der Waals surface area contributed by atoms with Gasteiger partial charge >= 0.3 is 0 Å². The molecule has 8 atom stereocenters. The summed E-state index contributed by atoms with van der Waals surface area (Å²) >= 11 is 0. The van der Waals surface area contributed by atoms with Crippen molar-refractivity contribution in [3.63, 3.8) is 0 Å². The number of hydrogen-bond donors (Lipinski definition) is 14. The van der Waals surface area contributed by atoms with Gasteiger partial charge in [-0.15, -0.1) is 0 Å². The maximum Gasteiger partial charge on any atom is 0.243 e. The first-order chi connectivity index (χ1) is 42.2. The Hall–Kier alpha value is -5.75. The first-order valence-electron chi connectivity index (χ1n) is 33.5. The number of carbonyl (C=O) groups excluding carboxylic acids is 9. The summed E-state index contributed by atoms with van der Waals surface area (Å²) < 4.78 is 0. The molecule has 0 bridgehead atoms. The van der Waals surface area contributed by atoms with Crippen LogP contribution in [0.5, 0.6) is 0 Å². The van der Waals surface area contributed by atoms with Gasteiger partial charge in [-0.1, -0.05) is 129 Å². The topological polar surface area (TPSA) is 406 Å². The van der Waals surface area contributed by atoms with E-state index in [9.17, 15) is 43.2 Å². The van der Waals surface area contributed by atoms with E-state index in [1.165, 1.54) is 44.9 Å². The first kappa shape index (κ1) is 80.3. The average Bonchev–Trinajstić information content (AvgIpc) is 3.70. The molecule has 0 fully saturated rings. The van der Waals surface area contributed by atoms with E-state index in [-0.39, 0.29) is 69.1 Å². The zero-order valence-corrected chi connectivity index (χ0v) is 54.5. The van der Waals surface area contributed by atoms with Gasteiger partial charge < -0.3 is 76.9 Å². The van der Waals surface area contributed by atoms with Crippen LogP contribution < -0.4 is 76.9 Å². The second-order valence-electron chi connectivity index (χ2n) is 24.6. The monoisotopic (exact) mass is 1240 g/mol. The van der Waals surface area contributed by atoms with E-state index in [0.29, 0.717) is 115 Å². The van der Waals surface area contributed by atoms with Crippen molar-refractivity contribution >= 4 is 53.2 Å². The molecule has 1 aromatic carbocycles. The van der Waals surface area contributed by atoms with Crippen LogP contribution in [0.25, 0.3) is 0 Å². The zero-order valence-electron chi connectivity index (χ0n) is 54.5. The Morgan fingerprint density at radius 1 is 0.341 bits per heavy atom. The standard InChI is InChI=1S/C65H120N14O9/c1-6-7-8-9-10-11-12-13-14-15-19-37-57(80)72-49(32-20-25-38-66)59(82)73-50(33-21-26-39-67)60(83)75-53(36-24-29-42-70)63(86)78-55(44-47(4)5)64(87)79-56(45-48-30-17-16-18-31-48)65(88)76-51(34-22-27-40-68)61(84)74-52(35-23-28-41-69)62(85)77-54(58(71)81)43-46(2)3/h16-18,30-31,46-47,49-56H,6-15,19-29,32-45,66-70H2,1-5H3,(H2,71,81)(H,72,80)(H,73,82)(H,74,84)(H,75,83)(H,76,88)(H,77,85)(H,78,86)(H,79,87)/t49-,50+,51+,52+,53+,54+,55+,56-/m1/s1. The molecule has 0 radical (unpaired) electrons. The number of nitrogens with two attached hydrogens (primary N) is 6. The lowest BCUT2D eigenvalue weighted by Crippen LogP contribution is -2.60. The summed E-state index contributed by atoms with van der Waals surface area (Å²) in [5, 5.41) is 22.7. The van der Waals surface area contributed by atoms with Crippen molar-refractivity contribution in [2.24, 2.45) is 46.2 Å². The normalized spacial score (nSPS) is 14.1. The minimum Gasteiger partial charge on any atom is -0.368 e. The van der Waals surface area contributed by atoms with E-state index in [0.717, 1.165) is 19.3 Å². The van der Waals surface area contributed by atoms with E-state index >= 15 is 0 Å². The number of benzene rings is 1. The molecule has 20 N–H and O–H groups in total. The van der Waals surface area contributed by atoms with Crippen molar-refractivity contribution in [3.05, 3.63) is 35.9 Å². The minimum absolute atomic E-state index is 0.0155. The molecule has 0 aliphatic carbocycles. The molecule has 88 heavy (non-hydrogen) atoms. The lowest BCUT2D eigenvalue weighted by Gasteiger charge is -2.29. The molecule has 0 unspecified atom stereocenters. The van der Waals surface area contributed by atoms with Crippen molar-refractivity contribution in [3.8, 4) is 0 Å². The fraction of sp³-hybridized carbons (Fsp3) is 0.769. The highest BCUT2D eigenvalue weighted by atomic mass is 16.2. The van der Waals surface area contributed by atoms with Crippen LogP contribution in [-0.2, 0) is 49.6 Å². The number of hydrogen-bond acceptors (Lipinski definition) is 14. The lowest BCUT2D eigenvalue weighted by atomic mass is 9.99. The van der Waals surface area contributed by atoms with Crippen LogP contribution in [0.1, 0.15) is 226 Å². The molecule has 0 aliphatic rings. The molecule has 1 rings (SSSR count). The molecule has 0 spiro atoms. The van der Waals surface area contributed by atoms with Gasteiger partial charge in [0.1, 0.15) is 48.3 Å². The Balaban J connectivity index is 3.52. The van der Waals surface area contributed by atoms with Crippen molar-refractivity contribution < 1.29 is 43.2 Å². The van der Waals surface area contributed by atoms with E-state index in [4.69, 9.17) is 34.4 Å². The van der Waals surface area contributed by atoms with Crippen molar-refractivity contribution in [1.29, 1.82) is 0 Å². The third kappa shape index (κ3) is 37.3. The van der Waals surface area contributed by atoms with E-state index < -0.39 is 95.6 Å². The fourth-order valence-corrected chi connectivity index (χ4v) is 10.4. The fourth-order valence-electron chi connectivity index (χ4n) is 10.4. The number of nitrogens with one attached hydrogen (secondary N) is 8. The summed E-state index contributed by atoms with van der Waals surface area (Å²) in [5.74, 6) is -5.64. The summed E-state index contributed by atoms with van der Waals surface area (Å²) in [6.45, 7) is 11.4. The number of primary amides is 1. The Labute approximate surface area is 527 Å². The molecule has 0 aromatic heterocycles. The third-order valence-corrected chi connectivity index (χ3v) is 15.5. The molecule has 23 nitrogen and oxygen atoms in total. The Morgan fingerprint density at radius 2 is 0.625 bits per heavy atom. The van der Waals surface area contributed by atoms with Crippen molar-refractivity contribution in [2.45, 2.75) is 276 Å². The Bertz CT molecular complexity index is 2120. The molecular formula is C65H120N14O9. The van der Waals surface area contributed by atoms with Crippen molar-refractivity contribution in [2.75, 3.05) is 32.7 Å². The van der Waals surface area contributed by atoms with Crippen molar-refractivity contribution in [1.82, 2.24) is 42.5 Å². The van der Waals surface area contributed by atoms with E-state index in [1.807, 2.05) is 27.7 Å². The van der Waals surface area contributed by atoms with Gasteiger partial charge in [0, 0.05) is 12.8 Å². The molecule has 0 aliphatic heterocycles. The SMILES string of the molecule is CCCCCCCCCCCCCC(=O)N[C@H](CCCCN)C(=O)N[C@@H](CCCCN)C(=O)N[C@@H](CCCCN)C(=O)N[C@@H](CC(C)C)C(=O)N[C@H](Cc1ccccc1)C(=O)N[C@@H](CCCCN)C(=O)N[C@@H](CCCCN)C(=O)N[C@@H](CC(C)C)C(N)=O. The molecule has 504 valence electrons. The quantitative estimate of drug-likeness (QED) is 0.0410. The number of rotatable bonds is 54. The summed E-state index contributed by atoms with van der Waals surface area (Å²) in [7, 11) is 0. The predicted molar refractivity (Wildman–Crippen MR) is 349 cm³/mol. The van der Waals surface area contributed by atoms with Gasteiger partial charge in [0.05, 0.1) is 0 Å². The first-order valence-corrected chi connectivity index (χ1v) is 33.5. The summed E-state index contributed by atoms with van der Waals surface area (Å²) in [6, 6.07) is -0.0678. The van der Waals surface area contributed by atoms with Gasteiger partial charge in [0.2, 0.25) is 53.2 Å². The highest BCUT2D eigenvalue weighted by Gasteiger charge is 2.35. The van der Waals surface area contributed by atoms with Crippen LogP contribution in [-0.4, -0.2) is 134 Å².